The fourth-order valence-corrected chi connectivity index (χ4v) is 1.35. The van der Waals surface area contributed by atoms with Gasteiger partial charge < -0.3 is 15.2 Å². The van der Waals surface area contributed by atoms with Crippen LogP contribution in [0.5, 0.6) is 5.75 Å². The van der Waals surface area contributed by atoms with Crippen LogP contribution in [0, 0.1) is 0 Å². The molecule has 94 valence electrons. The van der Waals surface area contributed by atoms with Crippen LogP contribution in [-0.4, -0.2) is 25.2 Å². The number of hydrogen-bond donors (Lipinski definition) is 1. The lowest BCUT2D eigenvalue weighted by atomic mass is 10.2. The van der Waals surface area contributed by atoms with Gasteiger partial charge in [-0.25, -0.2) is 0 Å². The summed E-state index contributed by atoms with van der Waals surface area (Å²) in [5, 5.41) is 0. The van der Waals surface area contributed by atoms with Gasteiger partial charge in [-0.15, -0.1) is 0 Å². The van der Waals surface area contributed by atoms with E-state index in [2.05, 4.69) is 0 Å². The third-order valence-corrected chi connectivity index (χ3v) is 2.24. The van der Waals surface area contributed by atoms with E-state index in [0.29, 0.717) is 13.0 Å². The molecular formula is C13H19NO3. The molecule has 2 N–H and O–H groups in total. The summed E-state index contributed by atoms with van der Waals surface area (Å²) in [5.41, 5.74) is 5.61. The van der Waals surface area contributed by atoms with Crippen molar-refractivity contribution in [1.82, 2.24) is 0 Å². The normalized spacial score (nSPS) is 11.9. The number of rotatable bonds is 7. The minimum Gasteiger partial charge on any atom is -0.490 e. The lowest BCUT2D eigenvalue weighted by Gasteiger charge is -2.11. The molecule has 4 nitrogen and oxygen atoms in total. The molecule has 0 heterocycles. The fraction of sp³-hybridized carbons (Fsp3) is 0.462. The predicted octanol–water partition coefficient (Wildman–Crippen LogP) is 1.74. The average molecular weight is 237 g/mol. The van der Waals surface area contributed by atoms with Gasteiger partial charge in [0.25, 0.3) is 0 Å². The van der Waals surface area contributed by atoms with Gasteiger partial charge in [-0.1, -0.05) is 31.5 Å². The zero-order valence-corrected chi connectivity index (χ0v) is 10.1. The van der Waals surface area contributed by atoms with Gasteiger partial charge in [0.05, 0.1) is 0 Å². The van der Waals surface area contributed by atoms with Crippen molar-refractivity contribution < 1.29 is 14.3 Å². The van der Waals surface area contributed by atoms with Gasteiger partial charge in [0.1, 0.15) is 25.0 Å². The molecule has 0 saturated carbocycles. The zero-order valence-electron chi connectivity index (χ0n) is 10.1. The summed E-state index contributed by atoms with van der Waals surface area (Å²) in [6, 6.07) is 8.87. The van der Waals surface area contributed by atoms with Gasteiger partial charge in [0.2, 0.25) is 0 Å². The molecule has 0 aromatic heterocycles. The van der Waals surface area contributed by atoms with E-state index >= 15 is 0 Å². The molecule has 1 aromatic rings. The zero-order chi connectivity index (χ0) is 12.5. The molecule has 17 heavy (non-hydrogen) atoms. The molecule has 1 atom stereocenters. The first-order valence-electron chi connectivity index (χ1n) is 5.84. The van der Waals surface area contributed by atoms with Crippen LogP contribution in [0.2, 0.25) is 0 Å². The van der Waals surface area contributed by atoms with Crippen molar-refractivity contribution in [3.05, 3.63) is 30.3 Å². The smallest absolute Gasteiger partial charge is 0.323 e. The molecule has 0 aliphatic rings. The van der Waals surface area contributed by atoms with Crippen LogP contribution in [0.25, 0.3) is 0 Å². The summed E-state index contributed by atoms with van der Waals surface area (Å²) in [4.78, 5) is 11.3. The van der Waals surface area contributed by atoms with E-state index in [1.54, 1.807) is 0 Å². The summed E-state index contributed by atoms with van der Waals surface area (Å²) in [6.07, 6.45) is 1.52. The van der Waals surface area contributed by atoms with E-state index in [1.807, 2.05) is 37.3 Å². The highest BCUT2D eigenvalue weighted by Crippen LogP contribution is 2.07. The Morgan fingerprint density at radius 2 is 2.00 bits per heavy atom. The van der Waals surface area contributed by atoms with Gasteiger partial charge >= 0.3 is 5.97 Å². The highest BCUT2D eigenvalue weighted by molar-refractivity contribution is 5.75. The van der Waals surface area contributed by atoms with Crippen LogP contribution >= 0.6 is 0 Å². The van der Waals surface area contributed by atoms with E-state index in [9.17, 15) is 4.79 Å². The van der Waals surface area contributed by atoms with E-state index in [-0.39, 0.29) is 12.6 Å². The van der Waals surface area contributed by atoms with E-state index in [0.717, 1.165) is 12.2 Å². The topological polar surface area (TPSA) is 61.6 Å². The summed E-state index contributed by atoms with van der Waals surface area (Å²) in [7, 11) is 0. The van der Waals surface area contributed by atoms with Gasteiger partial charge in [0.15, 0.2) is 0 Å². The molecule has 0 radical (unpaired) electrons. The Balaban J connectivity index is 2.14. The number of carbonyl (C=O) groups excluding carboxylic acids is 1. The van der Waals surface area contributed by atoms with Crippen LogP contribution in [-0.2, 0) is 9.53 Å². The van der Waals surface area contributed by atoms with Crippen molar-refractivity contribution in [3.8, 4) is 5.75 Å². The van der Waals surface area contributed by atoms with Gasteiger partial charge in [-0.2, -0.15) is 0 Å². The maximum Gasteiger partial charge on any atom is 0.323 e. The first-order chi connectivity index (χ1) is 8.24. The third-order valence-electron chi connectivity index (χ3n) is 2.24. The number of ether oxygens (including phenoxy) is 2. The minimum atomic E-state index is -0.517. The summed E-state index contributed by atoms with van der Waals surface area (Å²) >= 11 is 0. The van der Waals surface area contributed by atoms with Crippen molar-refractivity contribution in [1.29, 1.82) is 0 Å². The second-order valence-electron chi connectivity index (χ2n) is 3.72. The number of benzene rings is 1. The number of esters is 1. The Labute approximate surface area is 102 Å². The molecule has 0 amide bonds. The number of carbonyl (C=O) groups is 1. The standard InChI is InChI=1S/C13H19NO3/c1-2-6-12(14)13(15)17-10-9-16-11-7-4-3-5-8-11/h3-5,7-8,12H,2,6,9-10,14H2,1H3/t12-/m0/s1. The van der Waals surface area contributed by atoms with Gasteiger partial charge in [-0.05, 0) is 18.6 Å². The van der Waals surface area contributed by atoms with Crippen molar-refractivity contribution in [2.24, 2.45) is 5.73 Å². The average Bonchev–Trinajstić information content (AvgIpc) is 2.36. The fourth-order valence-electron chi connectivity index (χ4n) is 1.35. The Morgan fingerprint density at radius 1 is 1.29 bits per heavy atom. The molecular weight excluding hydrogens is 218 g/mol. The molecule has 0 fully saturated rings. The van der Waals surface area contributed by atoms with Crippen LogP contribution < -0.4 is 10.5 Å². The van der Waals surface area contributed by atoms with Crippen LogP contribution in [0.4, 0.5) is 0 Å². The van der Waals surface area contributed by atoms with Crippen LogP contribution in [0.15, 0.2) is 30.3 Å². The molecule has 0 aliphatic heterocycles. The SMILES string of the molecule is CCC[C@H](N)C(=O)OCCOc1ccccc1. The van der Waals surface area contributed by atoms with Gasteiger partial charge in [0, 0.05) is 0 Å². The van der Waals surface area contributed by atoms with Crippen molar-refractivity contribution >= 4 is 5.97 Å². The van der Waals surface area contributed by atoms with E-state index in [1.165, 1.54) is 0 Å². The lowest BCUT2D eigenvalue weighted by molar-refractivity contribution is -0.146. The molecule has 0 saturated heterocycles. The first kappa shape index (κ1) is 13.5. The van der Waals surface area contributed by atoms with E-state index in [4.69, 9.17) is 15.2 Å². The number of para-hydroxylation sites is 1. The maximum absolute atomic E-state index is 11.3. The Bertz CT molecular complexity index is 327. The molecule has 0 aliphatic carbocycles. The van der Waals surface area contributed by atoms with Crippen molar-refractivity contribution in [2.75, 3.05) is 13.2 Å². The maximum atomic E-state index is 11.3. The van der Waals surface area contributed by atoms with Gasteiger partial charge in [-0.3, -0.25) is 4.79 Å². The second-order valence-corrected chi connectivity index (χ2v) is 3.72. The highest BCUT2D eigenvalue weighted by atomic mass is 16.6. The lowest BCUT2D eigenvalue weighted by Crippen LogP contribution is -2.32. The molecule has 1 aromatic carbocycles. The molecule has 0 unspecified atom stereocenters. The van der Waals surface area contributed by atoms with Crippen LogP contribution in [0.3, 0.4) is 0 Å². The monoisotopic (exact) mass is 237 g/mol. The van der Waals surface area contributed by atoms with Crippen molar-refractivity contribution in [3.63, 3.8) is 0 Å². The Kier molecular flexibility index (Phi) is 6.10. The highest BCUT2D eigenvalue weighted by Gasteiger charge is 2.13. The Hall–Kier alpha value is -1.55. The largest absolute Gasteiger partial charge is 0.490 e. The summed E-state index contributed by atoms with van der Waals surface area (Å²) in [5.74, 6) is 0.407. The summed E-state index contributed by atoms with van der Waals surface area (Å²) < 4.78 is 10.4. The molecule has 0 bridgehead atoms. The minimum absolute atomic E-state index is 0.227. The quantitative estimate of drug-likeness (QED) is 0.579. The predicted molar refractivity (Wildman–Crippen MR) is 65.8 cm³/mol. The van der Waals surface area contributed by atoms with E-state index < -0.39 is 6.04 Å². The third kappa shape index (κ3) is 5.36. The second kappa shape index (κ2) is 7.68. The molecule has 0 spiro atoms. The molecule has 4 heteroatoms. The Morgan fingerprint density at radius 3 is 2.65 bits per heavy atom. The summed E-state index contributed by atoms with van der Waals surface area (Å²) in [6.45, 7) is 2.55. The first-order valence-corrected chi connectivity index (χ1v) is 5.84. The number of nitrogens with two attached hydrogens (primary N) is 1. The number of hydrogen-bond acceptors (Lipinski definition) is 4. The van der Waals surface area contributed by atoms with Crippen molar-refractivity contribution in [2.45, 2.75) is 25.8 Å². The molecule has 1 rings (SSSR count). The van der Waals surface area contributed by atoms with Crippen LogP contribution in [0.1, 0.15) is 19.8 Å².